The van der Waals surface area contributed by atoms with Gasteiger partial charge in [-0.2, -0.15) is 0 Å². The summed E-state index contributed by atoms with van der Waals surface area (Å²) >= 11 is 13.4. The van der Waals surface area contributed by atoms with Gasteiger partial charge < -0.3 is 31.1 Å². The fraction of sp³-hybridized carbons (Fsp3) is 0.615. The predicted molar refractivity (Wildman–Crippen MR) is 192 cm³/mol. The quantitative estimate of drug-likeness (QED) is 0.0702. The molecular formula is C26H40Br4N5O10PS. The van der Waals surface area contributed by atoms with Crippen molar-refractivity contribution in [2.45, 2.75) is 31.0 Å². The molecule has 0 fully saturated rings. The molecule has 0 spiro atoms. The van der Waals surface area contributed by atoms with Gasteiger partial charge in [0, 0.05) is 53.9 Å². The minimum atomic E-state index is -4.22. The third kappa shape index (κ3) is 15.6. The van der Waals surface area contributed by atoms with Crippen LogP contribution >= 0.6 is 71.4 Å². The summed E-state index contributed by atoms with van der Waals surface area (Å²) in [5.41, 5.74) is 5.65. The van der Waals surface area contributed by atoms with Crippen LogP contribution in [0.2, 0.25) is 0 Å². The summed E-state index contributed by atoms with van der Waals surface area (Å²) in [6.07, 6.45) is -0.746. The van der Waals surface area contributed by atoms with Crippen molar-refractivity contribution in [3.05, 3.63) is 35.9 Å². The number of halogens is 4. The predicted octanol–water partition coefficient (Wildman–Crippen LogP) is 2.33. The average Bonchev–Trinajstić information content (AvgIpc) is 3.01. The normalized spacial score (nSPS) is 14.0. The van der Waals surface area contributed by atoms with Crippen molar-refractivity contribution < 1.29 is 46.9 Å². The lowest BCUT2D eigenvalue weighted by molar-refractivity contribution is -0.142. The van der Waals surface area contributed by atoms with Crippen molar-refractivity contribution in [2.75, 3.05) is 65.6 Å². The maximum atomic E-state index is 14.4. The maximum Gasteiger partial charge on any atom is 0.346 e. The number of benzene rings is 1. The van der Waals surface area contributed by atoms with Crippen molar-refractivity contribution in [3.63, 3.8) is 0 Å². The number of rotatable bonds is 25. The van der Waals surface area contributed by atoms with Crippen LogP contribution in [0.25, 0.3) is 0 Å². The molecule has 0 saturated carbocycles. The molecule has 268 valence electrons. The van der Waals surface area contributed by atoms with Gasteiger partial charge >= 0.3 is 19.6 Å². The van der Waals surface area contributed by atoms with Gasteiger partial charge in [0.05, 0.1) is 18.1 Å². The molecule has 0 aliphatic heterocycles. The van der Waals surface area contributed by atoms with E-state index in [0.29, 0.717) is 47.5 Å². The number of carbonyl (C=O) groups excluding carboxylic acids is 2. The highest BCUT2D eigenvalue weighted by Gasteiger charge is 2.39. The number of nitrogens with one attached hydrogen (secondary N) is 2. The Bertz CT molecular complexity index is 1290. The Kier molecular flexibility index (Phi) is 21.3. The van der Waals surface area contributed by atoms with E-state index in [0.717, 1.165) is 0 Å². The standard InChI is InChI=1S/C26H40Br4N5O10PS/c27-8-12-34(13-9-28)46(42,35(14-10-29)15-11-30)45-16-17-47(43,44)18-21(32-22(36)7-6-20(31)25(38)39)24(37)33-23(26(40)41)19-4-2-1-3-5-19/h1-5,20-21,23H,6-18,31H2,(H,32,36)(H,33,37)(H,38,39)(H,40,41)/t20-,21-,23+/m0/s1. The van der Waals surface area contributed by atoms with Gasteiger partial charge in [0.15, 0.2) is 15.9 Å². The highest BCUT2D eigenvalue weighted by Crippen LogP contribution is 2.54. The van der Waals surface area contributed by atoms with Gasteiger partial charge in [0.25, 0.3) is 0 Å². The highest BCUT2D eigenvalue weighted by molar-refractivity contribution is 9.09. The van der Waals surface area contributed by atoms with Crippen LogP contribution in [0.4, 0.5) is 0 Å². The number of carboxylic acids is 2. The van der Waals surface area contributed by atoms with Crippen molar-refractivity contribution >= 4 is 105 Å². The summed E-state index contributed by atoms with van der Waals surface area (Å²) in [7, 11) is -7.97. The fourth-order valence-electron chi connectivity index (χ4n) is 4.12. The molecule has 15 nitrogen and oxygen atoms in total. The summed E-state index contributed by atoms with van der Waals surface area (Å²) in [5.74, 6) is -6.39. The van der Waals surface area contributed by atoms with Crippen molar-refractivity contribution in [1.29, 1.82) is 0 Å². The number of carboxylic acid groups (broad SMARTS) is 2. The minimum Gasteiger partial charge on any atom is -0.480 e. The first-order valence-electron chi connectivity index (χ1n) is 14.2. The van der Waals surface area contributed by atoms with Gasteiger partial charge in [-0.15, -0.1) is 0 Å². The van der Waals surface area contributed by atoms with Crippen LogP contribution in [0.5, 0.6) is 0 Å². The number of hydrogen-bond acceptors (Lipinski definition) is 9. The summed E-state index contributed by atoms with van der Waals surface area (Å²) in [4.78, 5) is 49.0. The second-order valence-corrected chi connectivity index (χ2v) is 17.7. The first-order valence-corrected chi connectivity index (χ1v) is 22.0. The van der Waals surface area contributed by atoms with Gasteiger partial charge in [-0.05, 0) is 12.0 Å². The van der Waals surface area contributed by atoms with E-state index in [-0.39, 0.29) is 12.0 Å². The van der Waals surface area contributed by atoms with E-state index in [2.05, 4.69) is 74.4 Å². The van der Waals surface area contributed by atoms with Crippen LogP contribution in [0.1, 0.15) is 24.4 Å². The number of nitrogens with zero attached hydrogens (tertiary/aromatic N) is 2. The largest absolute Gasteiger partial charge is 0.480 e. The number of hydrogen-bond donors (Lipinski definition) is 5. The maximum absolute atomic E-state index is 14.4. The molecular weight excluding hydrogens is 925 g/mol. The molecule has 0 unspecified atom stereocenters. The lowest BCUT2D eigenvalue weighted by atomic mass is 10.1. The first kappa shape index (κ1) is 44.1. The smallest absolute Gasteiger partial charge is 0.346 e. The summed E-state index contributed by atoms with van der Waals surface area (Å²) in [5, 5.41) is 25.2. The summed E-state index contributed by atoms with van der Waals surface area (Å²) in [6.45, 7) is 0.829. The molecule has 0 aromatic heterocycles. The Hall–Kier alpha value is -0.960. The molecule has 1 aromatic carbocycles. The second kappa shape index (κ2) is 22.7. The van der Waals surface area contributed by atoms with Gasteiger partial charge in [-0.25, -0.2) is 22.6 Å². The Morgan fingerprint density at radius 2 is 1.38 bits per heavy atom. The first-order chi connectivity index (χ1) is 22.1. The molecule has 1 aromatic rings. The van der Waals surface area contributed by atoms with Crippen molar-refractivity contribution in [3.8, 4) is 0 Å². The van der Waals surface area contributed by atoms with E-state index in [1.165, 1.54) is 12.1 Å². The zero-order chi connectivity index (χ0) is 35.6. The zero-order valence-corrected chi connectivity index (χ0v) is 33.4. The lowest BCUT2D eigenvalue weighted by Gasteiger charge is -2.37. The molecule has 0 aliphatic carbocycles. The number of nitrogens with two attached hydrogens (primary N) is 1. The van der Waals surface area contributed by atoms with Crippen LogP contribution < -0.4 is 16.4 Å². The van der Waals surface area contributed by atoms with Crippen molar-refractivity contribution in [1.82, 2.24) is 20.0 Å². The molecule has 0 aliphatic rings. The van der Waals surface area contributed by atoms with Crippen LogP contribution in [0.3, 0.4) is 0 Å². The van der Waals surface area contributed by atoms with Gasteiger partial charge in [0.1, 0.15) is 12.1 Å². The molecule has 0 saturated heterocycles. The third-order valence-corrected chi connectivity index (χ3v) is 12.3. The molecule has 47 heavy (non-hydrogen) atoms. The molecule has 1 rings (SSSR count). The highest BCUT2D eigenvalue weighted by atomic mass is 79.9. The SMILES string of the molecule is N[C@@H](CCC(=O)N[C@@H](CS(=O)(=O)CCOP(=O)(N(CCBr)CCBr)N(CCBr)CCBr)C(=O)N[C@@H](C(=O)O)c1ccccc1)C(=O)O. The van der Waals surface area contributed by atoms with E-state index in [9.17, 15) is 37.3 Å². The molecule has 2 amide bonds. The Balaban J connectivity index is 3.26. The summed E-state index contributed by atoms with van der Waals surface area (Å²) < 4.78 is 50.1. The molecule has 6 N–H and O–H groups in total. The van der Waals surface area contributed by atoms with Crippen LogP contribution in [0, 0.1) is 0 Å². The van der Waals surface area contributed by atoms with Gasteiger partial charge in [0.2, 0.25) is 11.8 Å². The molecule has 21 heteroatoms. The van der Waals surface area contributed by atoms with Crippen LogP contribution in [-0.4, -0.2) is 129 Å². The summed E-state index contributed by atoms with van der Waals surface area (Å²) in [6, 6.07) is 2.96. The molecule has 0 bridgehead atoms. The average molecular weight is 965 g/mol. The Labute approximate surface area is 308 Å². The lowest BCUT2D eigenvalue weighted by Crippen LogP contribution is -2.52. The van der Waals surface area contributed by atoms with Gasteiger partial charge in [-0.1, -0.05) is 94.1 Å². The minimum absolute atomic E-state index is 0.200. The second-order valence-electron chi connectivity index (χ2n) is 9.90. The topological polar surface area (TPSA) is 226 Å². The monoisotopic (exact) mass is 961 g/mol. The Morgan fingerprint density at radius 3 is 1.83 bits per heavy atom. The van der Waals surface area contributed by atoms with E-state index >= 15 is 0 Å². The third-order valence-electron chi connectivity index (χ3n) is 6.48. The van der Waals surface area contributed by atoms with Crippen molar-refractivity contribution in [2.24, 2.45) is 5.73 Å². The van der Waals surface area contributed by atoms with E-state index in [1.807, 2.05) is 0 Å². The number of carbonyl (C=O) groups is 4. The van der Waals surface area contributed by atoms with Crippen LogP contribution in [-0.2, 0) is 38.1 Å². The van der Waals surface area contributed by atoms with E-state index < -0.39 is 83.9 Å². The fourth-order valence-corrected chi connectivity index (χ4v) is 10.7. The molecule has 0 heterocycles. The van der Waals surface area contributed by atoms with E-state index in [1.54, 1.807) is 27.5 Å². The van der Waals surface area contributed by atoms with Crippen LogP contribution in [0.15, 0.2) is 30.3 Å². The molecule has 3 atom stereocenters. The number of amides is 2. The molecule has 0 radical (unpaired) electrons. The number of sulfone groups is 1. The van der Waals surface area contributed by atoms with E-state index in [4.69, 9.17) is 15.4 Å². The number of alkyl halides is 4. The zero-order valence-electron chi connectivity index (χ0n) is 25.3. The Morgan fingerprint density at radius 1 is 0.872 bits per heavy atom. The number of aliphatic carboxylic acids is 2. The van der Waals surface area contributed by atoms with Gasteiger partial charge in [-0.3, -0.25) is 18.9 Å².